The second-order valence-corrected chi connectivity index (χ2v) is 4.23. The molecule has 0 saturated heterocycles. The molecule has 0 saturated carbocycles. The Bertz CT molecular complexity index is 463. The van der Waals surface area contributed by atoms with Crippen molar-refractivity contribution in [3.8, 4) is 0 Å². The van der Waals surface area contributed by atoms with Crippen LogP contribution in [-0.2, 0) is 4.79 Å². The summed E-state index contributed by atoms with van der Waals surface area (Å²) in [5.41, 5.74) is 1.43. The van der Waals surface area contributed by atoms with E-state index in [2.05, 4.69) is 5.32 Å². The number of carbonyl (C=O) groups excluding carboxylic acids is 1. The summed E-state index contributed by atoms with van der Waals surface area (Å²) < 4.78 is 0. The molecule has 2 N–H and O–H groups in total. The van der Waals surface area contributed by atoms with E-state index in [1.807, 2.05) is 13.0 Å². The minimum atomic E-state index is -1.05. The van der Waals surface area contributed by atoms with E-state index in [-0.39, 0.29) is 6.54 Å². The van der Waals surface area contributed by atoms with Crippen molar-refractivity contribution in [3.05, 3.63) is 28.8 Å². The Labute approximate surface area is 110 Å². The zero-order valence-electron chi connectivity index (χ0n) is 10.2. The summed E-state index contributed by atoms with van der Waals surface area (Å²) in [6.07, 6.45) is 0. The maximum atomic E-state index is 11.8. The fourth-order valence-electron chi connectivity index (χ4n) is 1.42. The van der Waals surface area contributed by atoms with Crippen LogP contribution in [0.15, 0.2) is 18.2 Å². The maximum Gasteiger partial charge on any atom is 0.323 e. The predicted octanol–water partition coefficient (Wildman–Crippen LogP) is 2.59. The molecule has 0 aliphatic heterocycles. The standard InChI is InChI=1S/C12H15ClN2O3/c1-3-15(7-11(16)17)12(18)14-10-6-8(2)4-5-9(10)13/h4-6H,3,7H2,1-2H3,(H,14,18)(H,16,17). The number of carbonyl (C=O) groups is 2. The molecule has 0 aliphatic rings. The van der Waals surface area contributed by atoms with Gasteiger partial charge in [0.25, 0.3) is 0 Å². The second kappa shape index (κ2) is 6.26. The number of halogens is 1. The molecule has 1 aromatic rings. The van der Waals surface area contributed by atoms with Gasteiger partial charge in [0.2, 0.25) is 0 Å². The van der Waals surface area contributed by atoms with Crippen LogP contribution in [0, 0.1) is 6.92 Å². The largest absolute Gasteiger partial charge is 0.480 e. The number of carboxylic acid groups (broad SMARTS) is 1. The molecule has 0 radical (unpaired) electrons. The third kappa shape index (κ3) is 3.92. The van der Waals surface area contributed by atoms with Gasteiger partial charge in [-0.1, -0.05) is 17.7 Å². The molecule has 2 amide bonds. The first-order chi connectivity index (χ1) is 8.43. The number of likely N-dealkylation sites (N-methyl/N-ethyl adjacent to an activating group) is 1. The van der Waals surface area contributed by atoms with Crippen molar-refractivity contribution in [3.63, 3.8) is 0 Å². The van der Waals surface area contributed by atoms with Crippen LogP contribution in [0.1, 0.15) is 12.5 Å². The highest BCUT2D eigenvalue weighted by atomic mass is 35.5. The first-order valence-electron chi connectivity index (χ1n) is 5.48. The third-order valence-corrected chi connectivity index (χ3v) is 2.69. The van der Waals surface area contributed by atoms with E-state index in [4.69, 9.17) is 16.7 Å². The number of carboxylic acids is 1. The molecule has 0 aliphatic carbocycles. The van der Waals surface area contributed by atoms with Crippen LogP contribution >= 0.6 is 11.6 Å². The number of urea groups is 1. The highest BCUT2D eigenvalue weighted by Crippen LogP contribution is 2.22. The topological polar surface area (TPSA) is 69.6 Å². The molecular formula is C12H15ClN2O3. The maximum absolute atomic E-state index is 11.8. The van der Waals surface area contributed by atoms with Gasteiger partial charge in [0.1, 0.15) is 6.54 Å². The molecule has 6 heteroatoms. The van der Waals surface area contributed by atoms with Crippen LogP contribution in [0.4, 0.5) is 10.5 Å². The zero-order chi connectivity index (χ0) is 13.7. The number of rotatable bonds is 4. The van der Waals surface area contributed by atoms with E-state index in [1.54, 1.807) is 19.1 Å². The molecule has 5 nitrogen and oxygen atoms in total. The van der Waals surface area contributed by atoms with Gasteiger partial charge in [0, 0.05) is 6.54 Å². The van der Waals surface area contributed by atoms with E-state index in [1.165, 1.54) is 4.90 Å². The molecule has 0 heterocycles. The van der Waals surface area contributed by atoms with Gasteiger partial charge in [0.05, 0.1) is 10.7 Å². The van der Waals surface area contributed by atoms with Crippen molar-refractivity contribution >= 4 is 29.3 Å². The fourth-order valence-corrected chi connectivity index (χ4v) is 1.58. The van der Waals surface area contributed by atoms with Crippen LogP contribution in [-0.4, -0.2) is 35.1 Å². The first-order valence-corrected chi connectivity index (χ1v) is 5.85. The molecular weight excluding hydrogens is 256 g/mol. The number of amides is 2. The molecule has 98 valence electrons. The Morgan fingerprint density at radius 1 is 1.44 bits per heavy atom. The average molecular weight is 271 g/mol. The predicted molar refractivity (Wildman–Crippen MR) is 70.1 cm³/mol. The Balaban J connectivity index is 2.79. The van der Waals surface area contributed by atoms with Gasteiger partial charge in [-0.3, -0.25) is 4.79 Å². The summed E-state index contributed by atoms with van der Waals surface area (Å²) in [5.74, 6) is -1.05. The normalized spacial score (nSPS) is 9.94. The van der Waals surface area contributed by atoms with Crippen LogP contribution < -0.4 is 5.32 Å². The van der Waals surface area contributed by atoms with Gasteiger partial charge in [-0.25, -0.2) is 4.79 Å². The Morgan fingerprint density at radius 3 is 2.67 bits per heavy atom. The Hall–Kier alpha value is -1.75. The highest BCUT2D eigenvalue weighted by Gasteiger charge is 2.15. The van der Waals surface area contributed by atoms with Gasteiger partial charge >= 0.3 is 12.0 Å². The van der Waals surface area contributed by atoms with E-state index < -0.39 is 12.0 Å². The smallest absolute Gasteiger partial charge is 0.323 e. The number of hydrogen-bond donors (Lipinski definition) is 2. The number of anilines is 1. The lowest BCUT2D eigenvalue weighted by atomic mass is 10.2. The Kier molecular flexibility index (Phi) is 4.97. The van der Waals surface area contributed by atoms with Crippen LogP contribution in [0.5, 0.6) is 0 Å². The first kappa shape index (κ1) is 14.3. The van der Waals surface area contributed by atoms with Crippen molar-refractivity contribution in [2.75, 3.05) is 18.4 Å². The van der Waals surface area contributed by atoms with Crippen molar-refractivity contribution < 1.29 is 14.7 Å². The molecule has 0 fully saturated rings. The third-order valence-electron chi connectivity index (χ3n) is 2.36. The summed E-state index contributed by atoms with van der Waals surface area (Å²) in [5, 5.41) is 11.7. The molecule has 0 aromatic heterocycles. The number of aliphatic carboxylic acids is 1. The van der Waals surface area contributed by atoms with Gasteiger partial charge < -0.3 is 15.3 Å². The van der Waals surface area contributed by atoms with Crippen LogP contribution in [0.2, 0.25) is 5.02 Å². The van der Waals surface area contributed by atoms with Crippen LogP contribution in [0.3, 0.4) is 0 Å². The highest BCUT2D eigenvalue weighted by molar-refractivity contribution is 6.33. The number of nitrogens with zero attached hydrogens (tertiary/aromatic N) is 1. The minimum absolute atomic E-state index is 0.307. The van der Waals surface area contributed by atoms with Crippen LogP contribution in [0.25, 0.3) is 0 Å². The van der Waals surface area contributed by atoms with Crippen molar-refractivity contribution in [1.82, 2.24) is 4.90 Å². The summed E-state index contributed by atoms with van der Waals surface area (Å²) in [6, 6.07) is 4.76. The van der Waals surface area contributed by atoms with E-state index in [0.29, 0.717) is 17.3 Å². The number of nitrogens with one attached hydrogen (secondary N) is 1. The molecule has 0 bridgehead atoms. The number of benzene rings is 1. The molecule has 1 aromatic carbocycles. The second-order valence-electron chi connectivity index (χ2n) is 3.82. The molecule has 18 heavy (non-hydrogen) atoms. The number of hydrogen-bond acceptors (Lipinski definition) is 2. The molecule has 0 spiro atoms. The fraction of sp³-hybridized carbons (Fsp3) is 0.333. The van der Waals surface area contributed by atoms with E-state index in [9.17, 15) is 9.59 Å². The summed E-state index contributed by atoms with van der Waals surface area (Å²) in [6.45, 7) is 3.55. The lowest BCUT2D eigenvalue weighted by Gasteiger charge is -2.19. The van der Waals surface area contributed by atoms with Gasteiger partial charge in [-0.05, 0) is 31.5 Å². The van der Waals surface area contributed by atoms with E-state index in [0.717, 1.165) is 5.56 Å². The van der Waals surface area contributed by atoms with Gasteiger partial charge in [-0.15, -0.1) is 0 Å². The quantitative estimate of drug-likeness (QED) is 0.883. The van der Waals surface area contributed by atoms with Crippen molar-refractivity contribution in [2.24, 2.45) is 0 Å². The monoisotopic (exact) mass is 270 g/mol. The SMILES string of the molecule is CCN(CC(=O)O)C(=O)Nc1cc(C)ccc1Cl. The van der Waals surface area contributed by atoms with Crippen molar-refractivity contribution in [1.29, 1.82) is 0 Å². The van der Waals surface area contributed by atoms with Crippen molar-refractivity contribution in [2.45, 2.75) is 13.8 Å². The number of aryl methyl sites for hydroxylation is 1. The Morgan fingerprint density at radius 2 is 2.11 bits per heavy atom. The summed E-state index contributed by atoms with van der Waals surface area (Å²) in [4.78, 5) is 23.6. The lowest BCUT2D eigenvalue weighted by molar-refractivity contribution is -0.137. The average Bonchev–Trinajstić information content (AvgIpc) is 2.30. The van der Waals surface area contributed by atoms with Gasteiger partial charge in [-0.2, -0.15) is 0 Å². The lowest BCUT2D eigenvalue weighted by Crippen LogP contribution is -2.38. The van der Waals surface area contributed by atoms with Gasteiger partial charge in [0.15, 0.2) is 0 Å². The molecule has 0 unspecified atom stereocenters. The summed E-state index contributed by atoms with van der Waals surface area (Å²) in [7, 11) is 0. The summed E-state index contributed by atoms with van der Waals surface area (Å²) >= 11 is 5.94. The minimum Gasteiger partial charge on any atom is -0.480 e. The molecule has 1 rings (SSSR count). The molecule has 0 atom stereocenters. The zero-order valence-corrected chi connectivity index (χ0v) is 11.0. The van der Waals surface area contributed by atoms with E-state index >= 15 is 0 Å².